The van der Waals surface area contributed by atoms with Gasteiger partial charge in [-0.15, -0.1) is 0 Å². The van der Waals surface area contributed by atoms with Gasteiger partial charge in [-0.3, -0.25) is 20.2 Å². The van der Waals surface area contributed by atoms with Crippen molar-refractivity contribution in [2.24, 2.45) is 0 Å². The zero-order valence-corrected chi connectivity index (χ0v) is 15.9. The molecule has 0 amide bonds. The molecule has 11 heteroatoms. The Hall–Kier alpha value is -0.841. The second-order valence-electron chi connectivity index (χ2n) is 5.45. The van der Waals surface area contributed by atoms with E-state index in [1.807, 2.05) is 0 Å². The molecule has 4 atom stereocenters. The molecule has 0 heterocycles. The standard InChI is InChI=1S/2C7H15NO4.Cu/c2*1-3-5(9)7(8(11)12)6(10)4-2;/h2*5-7,9-10H,3-4H2,1-2H3;. The minimum absolute atomic E-state index is 0. The molecular weight excluding hydrogens is 388 g/mol. The molecule has 0 saturated heterocycles. The molecule has 4 N–H and O–H groups in total. The molecule has 25 heavy (non-hydrogen) atoms. The minimum Gasteiger partial charge on any atom is -0.386 e. The van der Waals surface area contributed by atoms with Crippen molar-refractivity contribution in [3.8, 4) is 0 Å². The van der Waals surface area contributed by atoms with Crippen LogP contribution in [0.2, 0.25) is 0 Å². The number of hydrogen-bond acceptors (Lipinski definition) is 8. The van der Waals surface area contributed by atoms with E-state index in [4.69, 9.17) is 0 Å². The van der Waals surface area contributed by atoms with E-state index >= 15 is 0 Å². The van der Waals surface area contributed by atoms with Crippen LogP contribution in [0.25, 0.3) is 0 Å². The van der Waals surface area contributed by atoms with Crippen LogP contribution in [0.4, 0.5) is 0 Å². The Balaban J connectivity index is -0.000000372. The third kappa shape index (κ3) is 10.7. The molecule has 0 saturated carbocycles. The Labute approximate surface area is 158 Å². The van der Waals surface area contributed by atoms with E-state index in [-0.39, 0.29) is 42.8 Å². The van der Waals surface area contributed by atoms with E-state index in [1.165, 1.54) is 0 Å². The van der Waals surface area contributed by atoms with Crippen molar-refractivity contribution in [1.29, 1.82) is 0 Å². The smallest absolute Gasteiger partial charge is 0.263 e. The Kier molecular flexibility index (Phi) is 17.8. The summed E-state index contributed by atoms with van der Waals surface area (Å²) in [6, 6.07) is -2.50. The second kappa shape index (κ2) is 15.4. The zero-order chi connectivity index (χ0) is 19.4. The van der Waals surface area contributed by atoms with Crippen LogP contribution in [-0.4, -0.2) is 66.8 Å². The molecule has 0 aromatic rings. The summed E-state index contributed by atoms with van der Waals surface area (Å²) in [5, 5.41) is 57.5. The molecule has 0 fully saturated rings. The van der Waals surface area contributed by atoms with Crippen LogP contribution in [-0.2, 0) is 17.1 Å². The molecule has 0 aliphatic carbocycles. The molecule has 0 rings (SSSR count). The van der Waals surface area contributed by atoms with Gasteiger partial charge in [0.05, 0.1) is 0 Å². The molecule has 0 bridgehead atoms. The van der Waals surface area contributed by atoms with Crippen molar-refractivity contribution in [3.05, 3.63) is 20.2 Å². The quantitative estimate of drug-likeness (QED) is 0.224. The summed E-state index contributed by atoms with van der Waals surface area (Å²) in [6.45, 7) is 6.57. The van der Waals surface area contributed by atoms with E-state index in [1.54, 1.807) is 27.7 Å². The first-order chi connectivity index (χ1) is 11.1. The number of rotatable bonds is 10. The summed E-state index contributed by atoms with van der Waals surface area (Å²) < 4.78 is 0. The van der Waals surface area contributed by atoms with E-state index in [0.29, 0.717) is 0 Å². The third-order valence-corrected chi connectivity index (χ3v) is 3.74. The summed E-state index contributed by atoms with van der Waals surface area (Å²) in [6.07, 6.45) is -3.12. The summed E-state index contributed by atoms with van der Waals surface area (Å²) in [5.74, 6) is 0. The Morgan fingerprint density at radius 3 is 0.880 bits per heavy atom. The first-order valence-electron chi connectivity index (χ1n) is 8.07. The van der Waals surface area contributed by atoms with Gasteiger partial charge in [0.2, 0.25) is 0 Å². The summed E-state index contributed by atoms with van der Waals surface area (Å²) in [7, 11) is 0. The van der Waals surface area contributed by atoms with Crippen LogP contribution in [0.3, 0.4) is 0 Å². The fourth-order valence-corrected chi connectivity index (χ4v) is 2.04. The molecule has 0 aromatic carbocycles. The first-order valence-corrected chi connectivity index (χ1v) is 8.07. The molecule has 155 valence electrons. The average Bonchev–Trinajstić information content (AvgIpc) is 2.53. The first kappa shape index (κ1) is 28.9. The topological polar surface area (TPSA) is 167 Å². The number of nitro groups is 2. The number of aliphatic hydroxyl groups excluding tert-OH is 4. The second-order valence-corrected chi connectivity index (χ2v) is 5.45. The van der Waals surface area contributed by atoms with Crippen LogP contribution >= 0.6 is 0 Å². The van der Waals surface area contributed by atoms with E-state index in [2.05, 4.69) is 0 Å². The molecular formula is C14H30CuN2O8. The van der Waals surface area contributed by atoms with Crippen LogP contribution in [0, 0.1) is 20.2 Å². The van der Waals surface area contributed by atoms with Crippen LogP contribution in [0.5, 0.6) is 0 Å². The largest absolute Gasteiger partial charge is 0.386 e. The maximum atomic E-state index is 10.4. The zero-order valence-electron chi connectivity index (χ0n) is 14.9. The van der Waals surface area contributed by atoms with Crippen molar-refractivity contribution in [3.63, 3.8) is 0 Å². The Bertz CT molecular complexity index is 321. The molecule has 4 unspecified atom stereocenters. The van der Waals surface area contributed by atoms with E-state index in [9.17, 15) is 40.7 Å². The van der Waals surface area contributed by atoms with Crippen molar-refractivity contribution in [1.82, 2.24) is 0 Å². The summed E-state index contributed by atoms with van der Waals surface area (Å²) in [4.78, 5) is 19.5. The molecule has 0 aliphatic heterocycles. The SMILES string of the molecule is CCC(O)C(C(O)CC)[N+](=O)[O-].CCC(O)C(C(O)CC)[N+](=O)[O-].[Cu]. The number of nitrogens with zero attached hydrogens (tertiary/aromatic N) is 2. The summed E-state index contributed by atoms with van der Waals surface area (Å²) in [5.41, 5.74) is 0. The molecule has 10 nitrogen and oxygen atoms in total. The van der Waals surface area contributed by atoms with Gasteiger partial charge >= 0.3 is 0 Å². The predicted octanol–water partition coefficient (Wildman–Crippen LogP) is 0.344. The van der Waals surface area contributed by atoms with Crippen LogP contribution < -0.4 is 0 Å². The summed E-state index contributed by atoms with van der Waals surface area (Å²) >= 11 is 0. The van der Waals surface area contributed by atoms with E-state index in [0.717, 1.165) is 0 Å². The van der Waals surface area contributed by atoms with Gasteiger partial charge < -0.3 is 20.4 Å². The monoisotopic (exact) mass is 417 g/mol. The van der Waals surface area contributed by atoms with Gasteiger partial charge in [0.15, 0.2) is 0 Å². The van der Waals surface area contributed by atoms with Crippen molar-refractivity contribution in [2.45, 2.75) is 89.9 Å². The van der Waals surface area contributed by atoms with Crippen LogP contribution in [0.15, 0.2) is 0 Å². The molecule has 0 aliphatic rings. The van der Waals surface area contributed by atoms with Crippen molar-refractivity contribution >= 4 is 0 Å². The van der Waals surface area contributed by atoms with E-state index < -0.39 is 46.3 Å². The van der Waals surface area contributed by atoms with Crippen molar-refractivity contribution < 1.29 is 47.3 Å². The third-order valence-electron chi connectivity index (χ3n) is 3.74. The van der Waals surface area contributed by atoms with Gasteiger partial charge in [0.25, 0.3) is 12.1 Å². The van der Waals surface area contributed by atoms with Crippen molar-refractivity contribution in [2.75, 3.05) is 0 Å². The number of hydrogen-bond donors (Lipinski definition) is 4. The van der Waals surface area contributed by atoms with Crippen LogP contribution in [0.1, 0.15) is 53.4 Å². The average molecular weight is 418 g/mol. The maximum Gasteiger partial charge on any atom is 0.263 e. The maximum absolute atomic E-state index is 10.4. The van der Waals surface area contributed by atoms with Gasteiger partial charge in [-0.2, -0.15) is 0 Å². The fraction of sp³-hybridized carbons (Fsp3) is 1.00. The molecule has 1 radical (unpaired) electrons. The van der Waals surface area contributed by atoms with Gasteiger partial charge in [-0.25, -0.2) is 0 Å². The Morgan fingerprint density at radius 1 is 0.640 bits per heavy atom. The fourth-order valence-electron chi connectivity index (χ4n) is 2.04. The van der Waals surface area contributed by atoms with Gasteiger partial charge in [0.1, 0.15) is 24.4 Å². The number of aliphatic hydroxyl groups is 4. The van der Waals surface area contributed by atoms with Gasteiger partial charge in [0, 0.05) is 26.9 Å². The van der Waals surface area contributed by atoms with Gasteiger partial charge in [-0.05, 0) is 25.7 Å². The normalized spacial score (nSPS) is 17.6. The van der Waals surface area contributed by atoms with Gasteiger partial charge in [-0.1, -0.05) is 27.7 Å². The molecule has 0 aromatic heterocycles. The minimum atomic E-state index is -1.25. The predicted molar refractivity (Wildman–Crippen MR) is 86.8 cm³/mol. The molecule has 0 spiro atoms. The Morgan fingerprint density at radius 2 is 0.800 bits per heavy atom.